The number of carbonyl (C=O) groups is 2. The van der Waals surface area contributed by atoms with Gasteiger partial charge in [-0.2, -0.15) is 0 Å². The first-order chi connectivity index (χ1) is 14.5. The number of hydrogen-bond donors (Lipinski definition) is 1. The van der Waals surface area contributed by atoms with Gasteiger partial charge in [-0.25, -0.2) is 4.39 Å². The van der Waals surface area contributed by atoms with Crippen LogP contribution in [0.5, 0.6) is 5.75 Å². The molecule has 0 aliphatic carbocycles. The van der Waals surface area contributed by atoms with E-state index in [0.717, 1.165) is 0 Å². The topological polar surface area (TPSA) is 84.7 Å². The van der Waals surface area contributed by atoms with Crippen LogP contribution in [-0.2, 0) is 16.1 Å². The molecule has 0 radical (unpaired) electrons. The molecule has 8 heteroatoms. The Kier molecular flexibility index (Phi) is 5.47. The average Bonchev–Trinajstić information content (AvgIpc) is 3.39. The van der Waals surface area contributed by atoms with E-state index in [1.54, 1.807) is 60.5 Å². The van der Waals surface area contributed by atoms with Crippen LogP contribution in [0, 0.1) is 11.7 Å². The molecule has 1 aliphatic rings. The number of nitrogens with one attached hydrogen (secondary N) is 1. The lowest BCUT2D eigenvalue weighted by molar-refractivity contribution is -0.126. The van der Waals surface area contributed by atoms with Crippen LogP contribution in [0.1, 0.15) is 12.1 Å². The fourth-order valence-electron chi connectivity index (χ4n) is 3.42. The third-order valence-electron chi connectivity index (χ3n) is 5.00. The predicted octanol–water partition coefficient (Wildman–Crippen LogP) is 3.16. The van der Waals surface area contributed by atoms with E-state index in [0.29, 0.717) is 22.7 Å². The van der Waals surface area contributed by atoms with Crippen LogP contribution in [-0.4, -0.2) is 30.6 Å². The van der Waals surface area contributed by atoms with Gasteiger partial charge in [0.2, 0.25) is 11.8 Å². The number of methoxy groups -OCH3 is 1. The summed E-state index contributed by atoms with van der Waals surface area (Å²) in [5.41, 5.74) is 1.47. The van der Waals surface area contributed by atoms with Gasteiger partial charge >= 0.3 is 0 Å². The summed E-state index contributed by atoms with van der Waals surface area (Å²) in [4.78, 5) is 26.5. The van der Waals surface area contributed by atoms with Crippen molar-refractivity contribution < 1.29 is 23.2 Å². The average molecular weight is 409 g/mol. The maximum atomic E-state index is 13.9. The Labute approximate surface area is 172 Å². The maximum Gasteiger partial charge on any atom is 0.227 e. The summed E-state index contributed by atoms with van der Waals surface area (Å²) in [6, 6.07) is 15.0. The van der Waals surface area contributed by atoms with E-state index >= 15 is 0 Å². The molecular weight excluding hydrogens is 389 g/mol. The lowest BCUT2D eigenvalue weighted by Gasteiger charge is -2.17. The van der Waals surface area contributed by atoms with E-state index in [9.17, 15) is 14.0 Å². The van der Waals surface area contributed by atoms with Gasteiger partial charge in [0.25, 0.3) is 0 Å². The molecule has 0 bridgehead atoms. The van der Waals surface area contributed by atoms with Gasteiger partial charge in [0, 0.05) is 30.8 Å². The highest BCUT2D eigenvalue weighted by Crippen LogP contribution is 2.28. The first kappa shape index (κ1) is 19.6. The molecule has 0 spiro atoms. The predicted molar refractivity (Wildman–Crippen MR) is 107 cm³/mol. The molecule has 154 valence electrons. The molecule has 0 saturated carbocycles. The fourth-order valence-corrected chi connectivity index (χ4v) is 3.42. The van der Waals surface area contributed by atoms with E-state index in [1.165, 1.54) is 6.07 Å². The number of benzene rings is 2. The highest BCUT2D eigenvalue weighted by atomic mass is 19.1. The van der Waals surface area contributed by atoms with Crippen LogP contribution in [0.4, 0.5) is 10.1 Å². The summed E-state index contributed by atoms with van der Waals surface area (Å²) in [6.45, 7) is 0.414. The zero-order valence-electron chi connectivity index (χ0n) is 16.3. The monoisotopic (exact) mass is 409 g/mol. The number of anilines is 1. The Morgan fingerprint density at radius 2 is 2.10 bits per heavy atom. The Bertz CT molecular complexity index is 1080. The molecule has 1 N–H and O–H groups in total. The van der Waals surface area contributed by atoms with E-state index in [-0.39, 0.29) is 37.1 Å². The van der Waals surface area contributed by atoms with Crippen LogP contribution < -0.4 is 15.0 Å². The molecule has 3 aromatic rings. The van der Waals surface area contributed by atoms with E-state index in [2.05, 4.69) is 10.5 Å². The lowest BCUT2D eigenvalue weighted by Crippen LogP contribution is -2.32. The number of rotatable bonds is 6. The minimum absolute atomic E-state index is 0.119. The molecule has 2 aromatic carbocycles. The zero-order chi connectivity index (χ0) is 21.1. The molecule has 1 aromatic heterocycles. The summed E-state index contributed by atoms with van der Waals surface area (Å²) in [7, 11) is 1.56. The Hall–Kier alpha value is -3.68. The van der Waals surface area contributed by atoms with Crippen molar-refractivity contribution in [1.82, 2.24) is 10.5 Å². The smallest absolute Gasteiger partial charge is 0.227 e. The summed E-state index contributed by atoms with van der Waals surface area (Å²) >= 11 is 0. The van der Waals surface area contributed by atoms with Crippen LogP contribution >= 0.6 is 0 Å². The number of ether oxygens (including phenoxy) is 1. The molecule has 0 unspecified atom stereocenters. The van der Waals surface area contributed by atoms with Gasteiger partial charge in [-0.3, -0.25) is 9.59 Å². The summed E-state index contributed by atoms with van der Waals surface area (Å²) in [5, 5.41) is 6.66. The third kappa shape index (κ3) is 4.03. The number of carbonyl (C=O) groups excluding carboxylic acids is 2. The van der Waals surface area contributed by atoms with Gasteiger partial charge in [-0.1, -0.05) is 23.4 Å². The molecular formula is C22H20FN3O4. The van der Waals surface area contributed by atoms with Crippen LogP contribution in [0.2, 0.25) is 0 Å². The highest BCUT2D eigenvalue weighted by Gasteiger charge is 2.35. The summed E-state index contributed by atoms with van der Waals surface area (Å²) < 4.78 is 24.2. The number of nitrogens with zero attached hydrogens (tertiary/aromatic N) is 2. The number of hydrogen-bond acceptors (Lipinski definition) is 5. The van der Waals surface area contributed by atoms with Crippen molar-refractivity contribution in [2.75, 3.05) is 18.6 Å². The highest BCUT2D eigenvalue weighted by molar-refractivity contribution is 6.00. The largest absolute Gasteiger partial charge is 0.497 e. The van der Waals surface area contributed by atoms with E-state index < -0.39 is 11.7 Å². The molecule has 1 fully saturated rings. The molecule has 1 saturated heterocycles. The third-order valence-corrected chi connectivity index (χ3v) is 5.00. The number of amides is 2. The van der Waals surface area contributed by atoms with Gasteiger partial charge < -0.3 is 19.5 Å². The molecule has 2 amide bonds. The fraction of sp³-hybridized carbons (Fsp3) is 0.227. The first-order valence-electron chi connectivity index (χ1n) is 9.48. The molecule has 7 nitrogen and oxygen atoms in total. The summed E-state index contributed by atoms with van der Waals surface area (Å²) in [6.07, 6.45) is 0.127. The summed E-state index contributed by atoms with van der Waals surface area (Å²) in [5.74, 6) is -0.314. The number of aromatic nitrogens is 1. The Balaban J connectivity index is 1.37. The lowest BCUT2D eigenvalue weighted by atomic mass is 10.1. The minimum Gasteiger partial charge on any atom is -0.497 e. The van der Waals surface area contributed by atoms with Gasteiger partial charge in [0.15, 0.2) is 5.76 Å². The first-order valence-corrected chi connectivity index (χ1v) is 9.48. The van der Waals surface area contributed by atoms with Gasteiger partial charge in [-0.15, -0.1) is 0 Å². The Morgan fingerprint density at radius 3 is 2.90 bits per heavy atom. The van der Waals surface area contributed by atoms with E-state index in [4.69, 9.17) is 9.26 Å². The molecule has 4 rings (SSSR count). The van der Waals surface area contributed by atoms with Crippen molar-refractivity contribution in [2.24, 2.45) is 5.92 Å². The van der Waals surface area contributed by atoms with Crippen molar-refractivity contribution in [1.29, 1.82) is 0 Å². The van der Waals surface area contributed by atoms with Gasteiger partial charge in [-0.05, 0) is 24.3 Å². The van der Waals surface area contributed by atoms with Crippen molar-refractivity contribution in [3.05, 3.63) is 66.1 Å². The quantitative estimate of drug-likeness (QED) is 0.676. The minimum atomic E-state index is -0.471. The molecule has 1 atom stereocenters. The standard InChI is InChI=1S/C22H20FN3O4/c1-29-17-6-4-5-16(11-17)26-13-14(9-21(26)27)22(28)24-12-15-10-20(30-25-15)18-7-2-3-8-19(18)23/h2-8,10-11,14H,9,12-13H2,1H3,(H,24,28)/t14-/m1/s1. The van der Waals surface area contributed by atoms with Gasteiger partial charge in [0.05, 0.1) is 25.1 Å². The number of halogens is 1. The molecule has 1 aliphatic heterocycles. The zero-order valence-corrected chi connectivity index (χ0v) is 16.3. The normalized spacial score (nSPS) is 16.0. The van der Waals surface area contributed by atoms with Gasteiger partial charge in [0.1, 0.15) is 17.3 Å². The Morgan fingerprint density at radius 1 is 1.27 bits per heavy atom. The van der Waals surface area contributed by atoms with E-state index in [1.807, 2.05) is 0 Å². The van der Waals surface area contributed by atoms with Crippen LogP contribution in [0.3, 0.4) is 0 Å². The second-order valence-corrected chi connectivity index (χ2v) is 6.99. The second-order valence-electron chi connectivity index (χ2n) is 6.99. The van der Waals surface area contributed by atoms with Crippen LogP contribution in [0.15, 0.2) is 59.1 Å². The maximum absolute atomic E-state index is 13.9. The van der Waals surface area contributed by atoms with Crippen molar-refractivity contribution in [3.63, 3.8) is 0 Å². The van der Waals surface area contributed by atoms with Crippen molar-refractivity contribution >= 4 is 17.5 Å². The van der Waals surface area contributed by atoms with Crippen molar-refractivity contribution in [3.8, 4) is 17.1 Å². The van der Waals surface area contributed by atoms with Crippen LogP contribution in [0.25, 0.3) is 11.3 Å². The SMILES string of the molecule is COc1cccc(N2C[C@H](C(=O)NCc3cc(-c4ccccc4F)on3)CC2=O)c1. The molecule has 2 heterocycles. The van der Waals surface area contributed by atoms with Crippen molar-refractivity contribution in [2.45, 2.75) is 13.0 Å². The second kappa shape index (κ2) is 8.36. The molecule has 30 heavy (non-hydrogen) atoms.